The number of sulfone groups is 1. The van der Waals surface area contributed by atoms with Crippen molar-refractivity contribution in [1.82, 2.24) is 0 Å². The van der Waals surface area contributed by atoms with Crippen LogP contribution >= 0.6 is 0 Å². The molecule has 1 radical (unpaired) electrons. The lowest BCUT2D eigenvalue weighted by Gasteiger charge is -2.13. The Bertz CT molecular complexity index is 789. The van der Waals surface area contributed by atoms with Gasteiger partial charge in [0, 0.05) is 12.7 Å². The van der Waals surface area contributed by atoms with Gasteiger partial charge in [-0.05, 0) is 23.8 Å². The van der Waals surface area contributed by atoms with Gasteiger partial charge < -0.3 is 4.90 Å². The minimum absolute atomic E-state index is 0.0546. The van der Waals surface area contributed by atoms with Crippen LogP contribution in [0.1, 0.15) is 5.56 Å². The van der Waals surface area contributed by atoms with Crippen molar-refractivity contribution < 1.29 is 18.7 Å². The monoisotopic (exact) mass is 317 g/mol. The summed E-state index contributed by atoms with van der Waals surface area (Å²) in [7, 11) is -2.16. The van der Waals surface area contributed by atoms with Crippen molar-refractivity contribution in [3.63, 3.8) is 0 Å². The van der Waals surface area contributed by atoms with Gasteiger partial charge in [-0.3, -0.25) is 4.79 Å². The van der Waals surface area contributed by atoms with Crippen molar-refractivity contribution in [1.29, 1.82) is 0 Å². The zero-order chi connectivity index (χ0) is 16.2. The molecule has 0 aliphatic rings. The van der Waals surface area contributed by atoms with E-state index >= 15 is 0 Å². The largest absolute Gasteiger partial charge is 0.318 e. The van der Waals surface area contributed by atoms with Gasteiger partial charge >= 0.3 is 0 Å². The Kier molecular flexibility index (Phi) is 4.67. The quantitative estimate of drug-likeness (QED) is 0.633. The molecule has 2 rings (SSSR count). The maximum absolute atomic E-state index is 12.6. The van der Waals surface area contributed by atoms with Crippen molar-refractivity contribution in [2.75, 3.05) is 11.9 Å². The van der Waals surface area contributed by atoms with Crippen LogP contribution in [0.5, 0.6) is 0 Å². The summed E-state index contributed by atoms with van der Waals surface area (Å²) in [5, 5.41) is 3.27. The fraction of sp³-hybridized carbons (Fsp3) is 0.133. The maximum Gasteiger partial charge on any atom is 0.213 e. The predicted molar refractivity (Wildman–Crippen MR) is 81.3 cm³/mol. The molecule has 0 aliphatic heterocycles. The molecule has 0 aromatic heterocycles. The van der Waals surface area contributed by atoms with E-state index in [0.29, 0.717) is 17.7 Å². The molecule has 2 aromatic carbocycles. The first kappa shape index (κ1) is 15.8. The number of nitrogens with zero attached hydrogens (tertiary/aromatic N) is 2. The number of carbonyl (C=O) groups excluding carboxylic acids is 1. The molecule has 0 bridgehead atoms. The second-order valence-corrected chi connectivity index (χ2v) is 6.68. The van der Waals surface area contributed by atoms with Crippen molar-refractivity contribution in [2.45, 2.75) is 10.6 Å². The highest BCUT2D eigenvalue weighted by molar-refractivity contribution is 7.90. The molecule has 0 spiro atoms. The second-order valence-electron chi connectivity index (χ2n) is 4.72. The highest BCUT2D eigenvalue weighted by Gasteiger charge is 2.22. The molecule has 0 unspecified atom stereocenters. The molecule has 0 aliphatic carbocycles. The van der Waals surface area contributed by atoms with Gasteiger partial charge in [0.05, 0.1) is 10.9 Å². The van der Waals surface area contributed by atoms with Gasteiger partial charge in [-0.15, -0.1) is 0 Å². The molecular formula is C15H15N3O3S+. The number of hydrogen-bond acceptors (Lipinski definition) is 5. The molecule has 0 heterocycles. The summed E-state index contributed by atoms with van der Waals surface area (Å²) >= 11 is 0. The summed E-state index contributed by atoms with van der Waals surface area (Å²) in [4.78, 5) is 12.0. The van der Waals surface area contributed by atoms with Gasteiger partial charge in [0.1, 0.15) is 10.4 Å². The van der Waals surface area contributed by atoms with Crippen LogP contribution in [0.4, 0.5) is 11.4 Å². The van der Waals surface area contributed by atoms with E-state index in [-0.39, 0.29) is 16.3 Å². The van der Waals surface area contributed by atoms with Crippen LogP contribution in [0.2, 0.25) is 0 Å². The highest BCUT2D eigenvalue weighted by Crippen LogP contribution is 2.30. The molecule has 22 heavy (non-hydrogen) atoms. The summed E-state index contributed by atoms with van der Waals surface area (Å²) in [5.41, 5.74) is 8.27. The van der Waals surface area contributed by atoms with Crippen LogP contribution in [-0.2, 0) is 20.4 Å². The van der Waals surface area contributed by atoms with E-state index in [1.807, 2.05) is 0 Å². The van der Waals surface area contributed by atoms with Crippen LogP contribution in [0.15, 0.2) is 58.5 Å². The van der Waals surface area contributed by atoms with Crippen LogP contribution in [-0.4, -0.2) is 21.9 Å². The van der Waals surface area contributed by atoms with E-state index in [1.54, 1.807) is 36.4 Å². The van der Waals surface area contributed by atoms with E-state index in [1.165, 1.54) is 24.1 Å². The zero-order valence-corrected chi connectivity index (χ0v) is 12.7. The van der Waals surface area contributed by atoms with Crippen LogP contribution in [0.25, 0.3) is 0 Å². The van der Waals surface area contributed by atoms with E-state index in [0.717, 1.165) is 0 Å². The Morgan fingerprint density at radius 1 is 1.18 bits per heavy atom. The summed E-state index contributed by atoms with van der Waals surface area (Å²) in [6, 6.07) is 13.1. The molecule has 1 amide bonds. The van der Waals surface area contributed by atoms with Crippen LogP contribution in [0, 0.1) is 0 Å². The SMILES string of the molecule is CN(C=O)c1ccc(N=[NH+])c(S(=O)(=O)Cc2ccccc2)c1. The first-order chi connectivity index (χ1) is 10.5. The molecule has 1 N–H and O–H groups in total. The fourth-order valence-electron chi connectivity index (χ4n) is 2.00. The third-order valence-corrected chi connectivity index (χ3v) is 4.87. The van der Waals surface area contributed by atoms with Crippen LogP contribution in [0.3, 0.4) is 0 Å². The van der Waals surface area contributed by atoms with Gasteiger partial charge in [-0.1, -0.05) is 30.3 Å². The van der Waals surface area contributed by atoms with E-state index in [9.17, 15) is 13.2 Å². The molecule has 113 valence electrons. The topological polar surface area (TPSA) is 90.6 Å². The molecule has 0 atom stereocenters. The van der Waals surface area contributed by atoms with E-state index in [4.69, 9.17) is 5.53 Å². The molecule has 2 aromatic rings. The van der Waals surface area contributed by atoms with Crippen molar-refractivity contribution in [3.8, 4) is 0 Å². The molecule has 7 heteroatoms. The fourth-order valence-corrected chi connectivity index (χ4v) is 3.52. The third-order valence-electron chi connectivity index (χ3n) is 3.16. The number of amides is 1. The number of benzene rings is 2. The Hall–Kier alpha value is -2.54. The highest BCUT2D eigenvalue weighted by atomic mass is 32.2. The Labute approximate surface area is 128 Å². The standard InChI is InChI=1S/C15H15N3O3S/c1-18(11-19)13-7-8-14(17-16)15(9-13)22(20,21)10-12-5-3-2-4-6-12/h2-9,11,16H,10H2,1H3/q+1. The first-order valence-corrected chi connectivity index (χ1v) is 8.09. The normalized spacial score (nSPS) is 11.0. The first-order valence-electron chi connectivity index (χ1n) is 6.44. The van der Waals surface area contributed by atoms with Gasteiger partial charge in [0.25, 0.3) is 0 Å². The smallest absolute Gasteiger partial charge is 0.213 e. The summed E-state index contributed by atoms with van der Waals surface area (Å²) in [5.74, 6) is -0.190. The molecule has 6 nitrogen and oxygen atoms in total. The Morgan fingerprint density at radius 3 is 2.45 bits per heavy atom. The molecule has 0 fully saturated rings. The second kappa shape index (κ2) is 6.48. The van der Waals surface area contributed by atoms with E-state index in [2.05, 4.69) is 5.11 Å². The Morgan fingerprint density at radius 2 is 1.86 bits per heavy atom. The predicted octanol–water partition coefficient (Wildman–Crippen LogP) is 0.882. The number of hydrogen-bond donors (Lipinski definition) is 1. The van der Waals surface area contributed by atoms with Crippen molar-refractivity contribution in [3.05, 3.63) is 54.1 Å². The van der Waals surface area contributed by atoms with Crippen molar-refractivity contribution >= 4 is 27.6 Å². The third kappa shape index (κ3) is 3.37. The summed E-state index contributed by atoms with van der Waals surface area (Å²) in [6.45, 7) is 0. The minimum Gasteiger partial charge on any atom is -0.318 e. The average molecular weight is 317 g/mol. The number of anilines is 1. The van der Waals surface area contributed by atoms with Gasteiger partial charge in [0.2, 0.25) is 6.41 Å². The number of rotatable bonds is 6. The average Bonchev–Trinajstić information content (AvgIpc) is 2.54. The lowest BCUT2D eigenvalue weighted by atomic mass is 10.2. The zero-order valence-electron chi connectivity index (χ0n) is 11.9. The van der Waals surface area contributed by atoms with Gasteiger partial charge in [0.15, 0.2) is 15.5 Å². The lowest BCUT2D eigenvalue weighted by Crippen LogP contribution is -2.23. The van der Waals surface area contributed by atoms with Crippen molar-refractivity contribution in [2.24, 2.45) is 5.11 Å². The van der Waals surface area contributed by atoms with Crippen LogP contribution < -0.4 is 10.4 Å². The minimum atomic E-state index is -3.68. The lowest BCUT2D eigenvalue weighted by molar-refractivity contribution is -0.210. The molecular weight excluding hydrogens is 302 g/mol. The maximum atomic E-state index is 12.6. The van der Waals surface area contributed by atoms with Gasteiger partial charge in [-0.2, -0.15) is 0 Å². The molecule has 0 saturated carbocycles. The summed E-state index contributed by atoms with van der Waals surface area (Å²) in [6.07, 6.45) is 0.584. The van der Waals surface area contributed by atoms with Gasteiger partial charge in [-0.25, -0.2) is 8.42 Å². The molecule has 0 saturated heterocycles. The summed E-state index contributed by atoms with van der Waals surface area (Å²) < 4.78 is 25.2. The number of nitrogens with one attached hydrogen (secondary N) is 1. The Balaban J connectivity index is 2.48. The van der Waals surface area contributed by atoms with E-state index < -0.39 is 9.84 Å². The number of carbonyl (C=O) groups is 1.